The van der Waals surface area contributed by atoms with Gasteiger partial charge in [0.15, 0.2) is 5.60 Å². The summed E-state index contributed by atoms with van der Waals surface area (Å²) in [6.45, 7) is 6.13. The van der Waals surface area contributed by atoms with Crippen molar-refractivity contribution in [1.82, 2.24) is 0 Å². The van der Waals surface area contributed by atoms with Crippen LogP contribution in [0.4, 0.5) is 5.69 Å². The highest BCUT2D eigenvalue weighted by molar-refractivity contribution is 5.97. The molecule has 1 spiro atoms. The Morgan fingerprint density at radius 1 is 0.838 bits per heavy atom. The molecule has 0 radical (unpaired) electrons. The lowest BCUT2D eigenvalue weighted by molar-refractivity contribution is -0.135. The summed E-state index contributed by atoms with van der Waals surface area (Å²) in [5.41, 5.74) is 7.17. The van der Waals surface area contributed by atoms with Gasteiger partial charge >= 0.3 is 11.9 Å². The van der Waals surface area contributed by atoms with E-state index in [0.717, 1.165) is 66.8 Å². The highest BCUT2D eigenvalue weighted by Crippen LogP contribution is 2.61. The Hall–Kier alpha value is -4.06. The zero-order valence-corrected chi connectivity index (χ0v) is 20.4. The van der Waals surface area contributed by atoms with Gasteiger partial charge in [-0.2, -0.15) is 0 Å². The number of aryl methyl sites for hydroxylation is 2. The average Bonchev–Trinajstić information content (AvgIpc) is 3.22. The van der Waals surface area contributed by atoms with E-state index in [9.17, 15) is 9.59 Å². The summed E-state index contributed by atoms with van der Waals surface area (Å²) in [5.74, 6) is 1.19. The maximum absolute atomic E-state index is 13.4. The van der Waals surface area contributed by atoms with Crippen LogP contribution in [0.3, 0.4) is 0 Å². The third-order valence-electron chi connectivity index (χ3n) is 8.57. The first-order valence-corrected chi connectivity index (χ1v) is 13.1. The van der Waals surface area contributed by atoms with Gasteiger partial charge in [-0.3, -0.25) is 4.79 Å². The predicted molar refractivity (Wildman–Crippen MR) is 138 cm³/mol. The quantitative estimate of drug-likeness (QED) is 0.333. The molecule has 184 valence electrons. The van der Waals surface area contributed by atoms with Crippen LogP contribution < -0.4 is 14.4 Å². The Morgan fingerprint density at radius 2 is 1.62 bits per heavy atom. The smallest absolute Gasteiger partial charge is 0.340 e. The fourth-order valence-electron chi connectivity index (χ4n) is 7.06. The Labute approximate surface area is 214 Å². The summed E-state index contributed by atoms with van der Waals surface area (Å²) >= 11 is 0. The van der Waals surface area contributed by atoms with Crippen LogP contribution in [0.2, 0.25) is 0 Å². The van der Waals surface area contributed by atoms with Crippen molar-refractivity contribution in [2.75, 3.05) is 18.0 Å². The Balaban J connectivity index is 1.51. The monoisotopic (exact) mass is 491 g/mol. The Morgan fingerprint density at radius 3 is 2.49 bits per heavy atom. The molecule has 3 aromatic rings. The third-order valence-corrected chi connectivity index (χ3v) is 8.57. The van der Waals surface area contributed by atoms with E-state index < -0.39 is 5.60 Å². The molecule has 0 bridgehead atoms. The van der Waals surface area contributed by atoms with Crippen molar-refractivity contribution in [1.29, 1.82) is 0 Å². The summed E-state index contributed by atoms with van der Waals surface area (Å²) in [7, 11) is 0. The number of ether oxygens (including phenoxy) is 3. The SMILES string of the molecule is C=Cc1c2c(cc3c1Oc1c(cc4c5c1CCCN5CCC4)C31OC(=O)c3ccccc31)CCC(=O)O2. The van der Waals surface area contributed by atoms with Crippen LogP contribution in [0, 0.1) is 0 Å². The molecule has 0 aromatic heterocycles. The molecule has 6 heteroatoms. The van der Waals surface area contributed by atoms with E-state index in [2.05, 4.69) is 17.5 Å². The van der Waals surface area contributed by atoms with Crippen LogP contribution in [0.1, 0.15) is 68.6 Å². The number of fused-ring (bicyclic) bond motifs is 8. The van der Waals surface area contributed by atoms with Gasteiger partial charge in [0.05, 0.1) is 17.5 Å². The number of hydrogen-bond donors (Lipinski definition) is 0. The minimum atomic E-state index is -1.14. The molecule has 5 aliphatic heterocycles. The van der Waals surface area contributed by atoms with Gasteiger partial charge < -0.3 is 19.1 Å². The fraction of sp³-hybridized carbons (Fsp3) is 0.290. The number of esters is 2. The van der Waals surface area contributed by atoms with E-state index in [-0.39, 0.29) is 11.9 Å². The average molecular weight is 492 g/mol. The van der Waals surface area contributed by atoms with Crippen LogP contribution in [0.15, 0.2) is 43.0 Å². The third kappa shape index (κ3) is 2.60. The molecule has 5 aliphatic rings. The van der Waals surface area contributed by atoms with E-state index in [1.54, 1.807) is 6.08 Å². The number of carbonyl (C=O) groups excluding carboxylic acids is 2. The highest BCUT2D eigenvalue weighted by Gasteiger charge is 2.55. The summed E-state index contributed by atoms with van der Waals surface area (Å²) in [4.78, 5) is 28.1. The lowest BCUT2D eigenvalue weighted by Gasteiger charge is -2.43. The summed E-state index contributed by atoms with van der Waals surface area (Å²) in [6.07, 6.45) is 6.56. The molecule has 1 unspecified atom stereocenters. The van der Waals surface area contributed by atoms with E-state index in [1.165, 1.54) is 16.8 Å². The van der Waals surface area contributed by atoms with Crippen LogP contribution in [-0.2, 0) is 34.4 Å². The number of benzene rings is 3. The molecule has 37 heavy (non-hydrogen) atoms. The second-order valence-electron chi connectivity index (χ2n) is 10.5. The minimum absolute atomic E-state index is 0.265. The molecule has 6 nitrogen and oxygen atoms in total. The highest BCUT2D eigenvalue weighted by atomic mass is 16.6. The Kier molecular flexibility index (Phi) is 4.13. The molecule has 8 rings (SSSR count). The molecular weight excluding hydrogens is 466 g/mol. The number of hydrogen-bond acceptors (Lipinski definition) is 6. The van der Waals surface area contributed by atoms with Gasteiger partial charge in [-0.05, 0) is 61.4 Å². The number of rotatable bonds is 1. The summed E-state index contributed by atoms with van der Waals surface area (Å²) in [5, 5.41) is 0. The number of carbonyl (C=O) groups is 2. The first-order chi connectivity index (χ1) is 18.1. The molecule has 5 heterocycles. The first kappa shape index (κ1) is 21.1. The zero-order valence-electron chi connectivity index (χ0n) is 20.4. The molecule has 0 saturated carbocycles. The van der Waals surface area contributed by atoms with Gasteiger partial charge in [-0.1, -0.05) is 30.9 Å². The lowest BCUT2D eigenvalue weighted by atomic mass is 9.73. The topological polar surface area (TPSA) is 65.1 Å². The first-order valence-electron chi connectivity index (χ1n) is 13.1. The molecular formula is C31H25NO5. The maximum atomic E-state index is 13.4. The van der Waals surface area contributed by atoms with Crippen molar-refractivity contribution in [3.8, 4) is 17.2 Å². The number of anilines is 1. The van der Waals surface area contributed by atoms with Gasteiger partial charge in [0, 0.05) is 41.0 Å². The summed E-state index contributed by atoms with van der Waals surface area (Å²) in [6, 6.07) is 11.9. The van der Waals surface area contributed by atoms with Crippen LogP contribution in [0.25, 0.3) is 6.08 Å². The predicted octanol–water partition coefficient (Wildman–Crippen LogP) is 5.45. The van der Waals surface area contributed by atoms with E-state index in [0.29, 0.717) is 35.5 Å². The van der Waals surface area contributed by atoms with Gasteiger partial charge in [0.1, 0.15) is 17.2 Å². The standard InChI is InChI=1S/C31H25NO5/c1-2-19-27-18(11-12-25(33)35-27)16-24-28(19)36-29-21-9-6-14-32-13-5-7-17(26(21)32)15-23(29)31(24)22-10-4-3-8-20(22)30(34)37-31/h2-4,8,10,15-16H,1,5-7,9,11-14H2. The van der Waals surface area contributed by atoms with Crippen molar-refractivity contribution in [2.24, 2.45) is 0 Å². The van der Waals surface area contributed by atoms with Crippen LogP contribution >= 0.6 is 0 Å². The molecule has 1 atom stereocenters. The van der Waals surface area contributed by atoms with E-state index >= 15 is 0 Å². The van der Waals surface area contributed by atoms with Gasteiger partial charge in [-0.25, -0.2) is 4.79 Å². The largest absolute Gasteiger partial charge is 0.455 e. The van der Waals surface area contributed by atoms with Crippen LogP contribution in [0.5, 0.6) is 17.2 Å². The lowest BCUT2D eigenvalue weighted by Crippen LogP contribution is -2.38. The second kappa shape index (κ2) is 7.25. The molecule has 0 saturated heterocycles. The van der Waals surface area contributed by atoms with Crippen molar-refractivity contribution >= 4 is 23.7 Å². The van der Waals surface area contributed by atoms with Crippen molar-refractivity contribution < 1.29 is 23.8 Å². The fourth-order valence-corrected chi connectivity index (χ4v) is 7.06. The molecule has 0 fully saturated rings. The second-order valence-corrected chi connectivity index (χ2v) is 10.5. The molecule has 0 N–H and O–H groups in total. The van der Waals surface area contributed by atoms with Crippen LogP contribution in [-0.4, -0.2) is 25.0 Å². The molecule has 0 amide bonds. The van der Waals surface area contributed by atoms with Crippen molar-refractivity contribution in [2.45, 2.75) is 44.1 Å². The van der Waals surface area contributed by atoms with E-state index in [4.69, 9.17) is 14.2 Å². The maximum Gasteiger partial charge on any atom is 0.340 e. The Bertz CT molecular complexity index is 1590. The normalized spacial score (nSPS) is 22.1. The van der Waals surface area contributed by atoms with Gasteiger partial charge in [0.25, 0.3) is 0 Å². The minimum Gasteiger partial charge on any atom is -0.455 e. The van der Waals surface area contributed by atoms with Crippen molar-refractivity contribution in [3.05, 3.63) is 87.5 Å². The van der Waals surface area contributed by atoms with Crippen molar-refractivity contribution in [3.63, 3.8) is 0 Å². The van der Waals surface area contributed by atoms with Gasteiger partial charge in [0.2, 0.25) is 0 Å². The van der Waals surface area contributed by atoms with E-state index in [1.807, 2.05) is 30.3 Å². The summed E-state index contributed by atoms with van der Waals surface area (Å²) < 4.78 is 19.0. The molecule has 3 aromatic carbocycles. The molecule has 0 aliphatic carbocycles. The zero-order chi connectivity index (χ0) is 24.9. The number of nitrogens with zero attached hydrogens (tertiary/aromatic N) is 1. The van der Waals surface area contributed by atoms with Gasteiger partial charge in [-0.15, -0.1) is 0 Å².